The zero-order valence-corrected chi connectivity index (χ0v) is 21.5. The predicted molar refractivity (Wildman–Crippen MR) is 131 cm³/mol. The zero-order chi connectivity index (χ0) is 25.5. The molecule has 188 valence electrons. The average molecular weight is 514 g/mol. The number of hydrogen-bond donors (Lipinski definition) is 2. The van der Waals surface area contributed by atoms with Crippen LogP contribution in [0, 0.1) is 0 Å². The van der Waals surface area contributed by atoms with E-state index in [4.69, 9.17) is 9.47 Å². The minimum atomic E-state index is -3.76. The Kier molecular flexibility index (Phi) is 9.30. The zero-order valence-electron chi connectivity index (χ0n) is 19.9. The van der Waals surface area contributed by atoms with Crippen LogP contribution in [0.25, 0.3) is 0 Å². The first-order valence-corrected chi connectivity index (χ1v) is 13.8. The minimum Gasteiger partial charge on any atom is -0.497 e. The summed E-state index contributed by atoms with van der Waals surface area (Å²) >= 11 is 0. The van der Waals surface area contributed by atoms with E-state index in [-0.39, 0.29) is 36.0 Å². The van der Waals surface area contributed by atoms with E-state index in [1.165, 1.54) is 36.7 Å². The lowest BCUT2D eigenvalue weighted by Gasteiger charge is -2.22. The lowest BCUT2D eigenvalue weighted by Crippen LogP contribution is -2.31. The molecule has 10 nitrogen and oxygen atoms in total. The number of carbonyl (C=O) groups is 1. The minimum absolute atomic E-state index is 0.000362. The Hall–Kier alpha value is -2.83. The molecule has 2 N–H and O–H groups in total. The fourth-order valence-corrected chi connectivity index (χ4v) is 5.41. The molecule has 0 aromatic heterocycles. The molecule has 0 saturated heterocycles. The largest absolute Gasteiger partial charge is 0.497 e. The van der Waals surface area contributed by atoms with Crippen LogP contribution in [0.3, 0.4) is 0 Å². The van der Waals surface area contributed by atoms with Gasteiger partial charge in [-0.05, 0) is 50.6 Å². The number of benzene rings is 2. The Labute approximate surface area is 201 Å². The van der Waals surface area contributed by atoms with Crippen molar-refractivity contribution in [3.05, 3.63) is 42.5 Å². The first kappa shape index (κ1) is 27.4. The summed E-state index contributed by atoms with van der Waals surface area (Å²) in [7, 11) is -4.46. The molecule has 0 aliphatic carbocycles. The molecule has 0 unspecified atom stereocenters. The van der Waals surface area contributed by atoms with Gasteiger partial charge in [0.15, 0.2) is 0 Å². The van der Waals surface area contributed by atoms with Gasteiger partial charge in [-0.15, -0.1) is 0 Å². The number of amides is 1. The van der Waals surface area contributed by atoms with Crippen LogP contribution >= 0.6 is 0 Å². The maximum atomic E-state index is 12.6. The molecular weight excluding hydrogens is 482 g/mol. The Morgan fingerprint density at radius 3 is 2.32 bits per heavy atom. The summed E-state index contributed by atoms with van der Waals surface area (Å²) in [6.07, 6.45) is 1.32. The SMILES string of the molecule is COc1cccc(N(CCCC(=O)Nc2cc(S(=O)(=O)NC(C)C)ccc2OC)S(C)(=O)=O)c1. The molecule has 0 fully saturated rings. The van der Waals surface area contributed by atoms with Crippen molar-refractivity contribution in [3.8, 4) is 11.5 Å². The number of rotatable bonds is 12. The molecule has 2 rings (SSSR count). The summed E-state index contributed by atoms with van der Waals surface area (Å²) in [5, 5.41) is 2.65. The van der Waals surface area contributed by atoms with Crippen LogP contribution in [0.1, 0.15) is 26.7 Å². The number of nitrogens with zero attached hydrogens (tertiary/aromatic N) is 1. The van der Waals surface area contributed by atoms with Crippen LogP contribution < -0.4 is 23.8 Å². The topological polar surface area (TPSA) is 131 Å². The van der Waals surface area contributed by atoms with Gasteiger partial charge in [-0.3, -0.25) is 9.10 Å². The number of sulfonamides is 2. The highest BCUT2D eigenvalue weighted by Crippen LogP contribution is 2.28. The second-order valence-electron chi connectivity index (χ2n) is 7.83. The quantitative estimate of drug-likeness (QED) is 0.446. The molecule has 0 radical (unpaired) electrons. The third-order valence-corrected chi connectivity index (χ3v) is 7.50. The van der Waals surface area contributed by atoms with Gasteiger partial charge < -0.3 is 14.8 Å². The fourth-order valence-electron chi connectivity index (χ4n) is 3.18. The van der Waals surface area contributed by atoms with Gasteiger partial charge in [-0.1, -0.05) is 6.07 Å². The highest BCUT2D eigenvalue weighted by atomic mass is 32.2. The molecule has 0 aliphatic heterocycles. The van der Waals surface area contributed by atoms with E-state index < -0.39 is 26.0 Å². The lowest BCUT2D eigenvalue weighted by atomic mass is 10.2. The van der Waals surface area contributed by atoms with Crippen LogP contribution in [0.4, 0.5) is 11.4 Å². The van der Waals surface area contributed by atoms with Gasteiger partial charge in [-0.25, -0.2) is 21.6 Å². The Morgan fingerprint density at radius 1 is 1.03 bits per heavy atom. The second-order valence-corrected chi connectivity index (χ2v) is 11.4. The maximum Gasteiger partial charge on any atom is 0.240 e. The van der Waals surface area contributed by atoms with Crippen molar-refractivity contribution in [2.75, 3.05) is 36.6 Å². The van der Waals surface area contributed by atoms with Crippen molar-refractivity contribution >= 4 is 37.3 Å². The number of methoxy groups -OCH3 is 2. The number of anilines is 2. The van der Waals surface area contributed by atoms with Crippen molar-refractivity contribution in [3.63, 3.8) is 0 Å². The Bertz CT molecular complexity index is 1210. The van der Waals surface area contributed by atoms with Crippen molar-refractivity contribution in [1.82, 2.24) is 4.72 Å². The fraction of sp³-hybridized carbons (Fsp3) is 0.409. The van der Waals surface area contributed by atoms with Crippen LogP contribution in [-0.4, -0.2) is 55.8 Å². The molecule has 0 heterocycles. The van der Waals surface area contributed by atoms with Crippen molar-refractivity contribution in [2.24, 2.45) is 0 Å². The molecule has 1 amide bonds. The lowest BCUT2D eigenvalue weighted by molar-refractivity contribution is -0.116. The van der Waals surface area contributed by atoms with Gasteiger partial charge in [0, 0.05) is 25.1 Å². The summed E-state index contributed by atoms with van der Waals surface area (Å²) in [6.45, 7) is 3.48. The molecule has 0 bridgehead atoms. The van der Waals surface area contributed by atoms with Gasteiger partial charge in [0.25, 0.3) is 0 Å². The standard InChI is InChI=1S/C22H31N3O7S2/c1-16(2)24-34(29,30)19-11-12-21(32-4)20(15-19)23-22(26)10-7-13-25(33(5,27)28)17-8-6-9-18(14-17)31-3/h6,8-9,11-12,14-16,24H,7,10,13H2,1-5H3,(H,23,26). The number of ether oxygens (including phenoxy) is 2. The van der Waals surface area contributed by atoms with Crippen LogP contribution in [0.5, 0.6) is 11.5 Å². The van der Waals surface area contributed by atoms with Crippen molar-refractivity contribution < 1.29 is 31.1 Å². The third-order valence-electron chi connectivity index (χ3n) is 4.65. The molecule has 0 saturated carbocycles. The summed E-state index contributed by atoms with van der Waals surface area (Å²) in [6, 6.07) is 10.5. The predicted octanol–water partition coefficient (Wildman–Crippen LogP) is 2.58. The van der Waals surface area contributed by atoms with Crippen LogP contribution in [-0.2, 0) is 24.8 Å². The van der Waals surface area contributed by atoms with E-state index >= 15 is 0 Å². The smallest absolute Gasteiger partial charge is 0.240 e. The number of hydrogen-bond acceptors (Lipinski definition) is 7. The molecule has 34 heavy (non-hydrogen) atoms. The maximum absolute atomic E-state index is 12.6. The summed E-state index contributed by atoms with van der Waals surface area (Å²) in [4.78, 5) is 12.6. The van der Waals surface area contributed by atoms with E-state index in [1.807, 2.05) is 0 Å². The van der Waals surface area contributed by atoms with Crippen LogP contribution in [0.15, 0.2) is 47.4 Å². The van der Waals surface area contributed by atoms with Gasteiger partial charge in [0.2, 0.25) is 26.0 Å². The monoisotopic (exact) mass is 513 g/mol. The van der Waals surface area contributed by atoms with Crippen molar-refractivity contribution in [1.29, 1.82) is 0 Å². The van der Waals surface area contributed by atoms with Gasteiger partial charge in [0.05, 0.1) is 36.7 Å². The summed E-state index contributed by atoms with van der Waals surface area (Å²) in [5.41, 5.74) is 0.631. The van der Waals surface area contributed by atoms with E-state index in [1.54, 1.807) is 38.1 Å². The Balaban J connectivity index is 2.12. The molecule has 2 aromatic rings. The Morgan fingerprint density at radius 2 is 1.74 bits per heavy atom. The normalized spacial score (nSPS) is 11.8. The molecule has 0 spiro atoms. The van der Waals surface area contributed by atoms with Gasteiger partial charge >= 0.3 is 0 Å². The molecule has 0 aliphatic rings. The van der Waals surface area contributed by atoms with Crippen molar-refractivity contribution in [2.45, 2.75) is 37.6 Å². The van der Waals surface area contributed by atoms with E-state index in [0.717, 1.165) is 6.26 Å². The van der Waals surface area contributed by atoms with Gasteiger partial charge in [-0.2, -0.15) is 0 Å². The van der Waals surface area contributed by atoms with E-state index in [2.05, 4.69) is 10.0 Å². The molecular formula is C22H31N3O7S2. The summed E-state index contributed by atoms with van der Waals surface area (Å²) < 4.78 is 63.6. The first-order valence-electron chi connectivity index (χ1n) is 10.5. The highest BCUT2D eigenvalue weighted by Gasteiger charge is 2.20. The molecule has 12 heteroatoms. The van der Waals surface area contributed by atoms with Crippen LogP contribution in [0.2, 0.25) is 0 Å². The number of nitrogens with one attached hydrogen (secondary N) is 2. The van der Waals surface area contributed by atoms with E-state index in [0.29, 0.717) is 17.2 Å². The molecule has 2 aromatic carbocycles. The first-order chi connectivity index (χ1) is 15.9. The number of carbonyl (C=O) groups excluding carboxylic acids is 1. The molecule has 0 atom stereocenters. The van der Waals surface area contributed by atoms with E-state index in [9.17, 15) is 21.6 Å². The average Bonchev–Trinajstić information content (AvgIpc) is 2.75. The summed E-state index contributed by atoms with van der Waals surface area (Å²) in [5.74, 6) is 0.396. The third kappa shape index (κ3) is 7.61. The highest BCUT2D eigenvalue weighted by molar-refractivity contribution is 7.92. The van der Waals surface area contributed by atoms with Gasteiger partial charge in [0.1, 0.15) is 11.5 Å². The second kappa shape index (κ2) is 11.5.